The first-order valence-corrected chi connectivity index (χ1v) is 9.24. The van der Waals surface area contributed by atoms with Crippen molar-refractivity contribution >= 4 is 34.9 Å². The van der Waals surface area contributed by atoms with Gasteiger partial charge in [0.2, 0.25) is 5.91 Å². The van der Waals surface area contributed by atoms with E-state index in [1.807, 2.05) is 32.0 Å². The number of anilines is 2. The van der Waals surface area contributed by atoms with Crippen LogP contribution in [0.15, 0.2) is 36.4 Å². The summed E-state index contributed by atoms with van der Waals surface area (Å²) in [6, 6.07) is 7.12. The highest BCUT2D eigenvalue weighted by Gasteiger charge is 2.33. The first-order chi connectivity index (χ1) is 13.5. The second-order valence-electron chi connectivity index (χ2n) is 6.96. The number of carbonyl (C=O) groups excluding carboxylic acids is 2. The second kappa shape index (κ2) is 7.94. The molecule has 0 aliphatic carbocycles. The van der Waals surface area contributed by atoms with Crippen molar-refractivity contribution in [3.63, 3.8) is 0 Å². The van der Waals surface area contributed by atoms with Crippen LogP contribution in [0, 0.1) is 13.8 Å². The number of benzene rings is 2. The molecular weight excluding hydrogens is 407 g/mol. The average Bonchev–Trinajstić information content (AvgIpc) is 2.98. The van der Waals surface area contributed by atoms with Crippen molar-refractivity contribution < 1.29 is 22.8 Å². The van der Waals surface area contributed by atoms with Crippen LogP contribution in [0.5, 0.6) is 0 Å². The fourth-order valence-electron chi connectivity index (χ4n) is 3.09. The van der Waals surface area contributed by atoms with Crippen LogP contribution in [0.3, 0.4) is 0 Å². The molecule has 1 atom stereocenters. The van der Waals surface area contributed by atoms with E-state index in [1.54, 1.807) is 4.90 Å². The van der Waals surface area contributed by atoms with Crippen LogP contribution < -0.4 is 15.5 Å². The third-order valence-corrected chi connectivity index (χ3v) is 5.13. The van der Waals surface area contributed by atoms with Crippen LogP contribution in [-0.4, -0.2) is 24.5 Å². The molecule has 2 N–H and O–H groups in total. The molecule has 29 heavy (non-hydrogen) atoms. The van der Waals surface area contributed by atoms with Crippen molar-refractivity contribution in [2.24, 2.45) is 0 Å². The number of hydrogen-bond acceptors (Lipinski definition) is 2. The van der Waals surface area contributed by atoms with Crippen molar-refractivity contribution in [3.8, 4) is 0 Å². The normalized spacial score (nSPS) is 16.8. The summed E-state index contributed by atoms with van der Waals surface area (Å²) < 4.78 is 38.6. The molecule has 1 unspecified atom stereocenters. The first-order valence-electron chi connectivity index (χ1n) is 8.86. The fraction of sp³-hybridized carbons (Fsp3) is 0.300. The molecule has 3 rings (SSSR count). The Bertz CT molecular complexity index is 962. The minimum absolute atomic E-state index is 0.0209. The summed E-state index contributed by atoms with van der Waals surface area (Å²) in [5.41, 5.74) is 1.81. The predicted octanol–water partition coefficient (Wildman–Crippen LogP) is 4.90. The molecule has 2 aromatic rings. The lowest BCUT2D eigenvalue weighted by molar-refractivity contribution is -0.137. The molecule has 3 amide bonds. The molecule has 1 aliphatic rings. The van der Waals surface area contributed by atoms with Gasteiger partial charge in [-0.1, -0.05) is 17.7 Å². The highest BCUT2D eigenvalue weighted by Crippen LogP contribution is 2.33. The van der Waals surface area contributed by atoms with Crippen molar-refractivity contribution in [1.82, 2.24) is 5.32 Å². The van der Waals surface area contributed by atoms with Crippen LogP contribution >= 0.6 is 11.6 Å². The Kier molecular flexibility index (Phi) is 5.75. The monoisotopic (exact) mass is 425 g/mol. The number of alkyl halides is 3. The average molecular weight is 426 g/mol. The Morgan fingerprint density at radius 2 is 1.86 bits per heavy atom. The Morgan fingerprint density at radius 3 is 2.52 bits per heavy atom. The lowest BCUT2D eigenvalue weighted by atomic mass is 10.1. The van der Waals surface area contributed by atoms with Crippen molar-refractivity contribution in [2.75, 3.05) is 16.8 Å². The summed E-state index contributed by atoms with van der Waals surface area (Å²) in [4.78, 5) is 26.2. The number of carbonyl (C=O) groups is 2. The standard InChI is InChI=1S/C20H19ClF3N3O2/c1-11-3-5-15(7-12(11)2)27-10-14(9-18(27)28)25-19(29)26-17-8-13(20(22,23)24)4-6-16(17)21/h3-8,14H,9-10H2,1-2H3,(H2,25,26,29). The lowest BCUT2D eigenvalue weighted by Crippen LogP contribution is -2.39. The number of aryl methyl sites for hydroxylation is 2. The number of urea groups is 1. The van der Waals surface area contributed by atoms with Crippen LogP contribution in [-0.2, 0) is 11.0 Å². The molecule has 0 aromatic heterocycles. The highest BCUT2D eigenvalue weighted by molar-refractivity contribution is 6.33. The van der Waals surface area contributed by atoms with Gasteiger partial charge in [0.05, 0.1) is 22.3 Å². The molecule has 1 aliphatic heterocycles. The highest BCUT2D eigenvalue weighted by atomic mass is 35.5. The Balaban J connectivity index is 1.66. The number of halogens is 4. The van der Waals surface area contributed by atoms with Crippen molar-refractivity contribution in [3.05, 3.63) is 58.1 Å². The molecule has 1 saturated heterocycles. The molecule has 0 spiro atoms. The van der Waals surface area contributed by atoms with Gasteiger partial charge in [-0.25, -0.2) is 4.79 Å². The van der Waals surface area contributed by atoms with Gasteiger partial charge >= 0.3 is 12.2 Å². The predicted molar refractivity (Wildman–Crippen MR) is 105 cm³/mol. The maximum atomic E-state index is 12.9. The molecule has 0 radical (unpaired) electrons. The van der Waals surface area contributed by atoms with E-state index in [9.17, 15) is 22.8 Å². The zero-order valence-electron chi connectivity index (χ0n) is 15.7. The molecular formula is C20H19ClF3N3O2. The molecule has 9 heteroatoms. The van der Waals surface area contributed by atoms with Gasteiger partial charge in [0.25, 0.3) is 0 Å². The van der Waals surface area contributed by atoms with E-state index < -0.39 is 23.8 Å². The molecule has 0 saturated carbocycles. The summed E-state index contributed by atoms with van der Waals surface area (Å²) in [5, 5.41) is 4.92. The van der Waals surface area contributed by atoms with Crippen LogP contribution in [0.1, 0.15) is 23.1 Å². The quantitative estimate of drug-likeness (QED) is 0.734. The largest absolute Gasteiger partial charge is 0.416 e. The molecule has 1 fully saturated rings. The summed E-state index contributed by atoms with van der Waals surface area (Å²) >= 11 is 5.89. The van der Waals surface area contributed by atoms with Gasteiger partial charge in [0.15, 0.2) is 0 Å². The number of nitrogens with one attached hydrogen (secondary N) is 2. The first kappa shape index (κ1) is 21.0. The van der Waals surface area contributed by atoms with Gasteiger partial charge in [-0.3, -0.25) is 4.79 Å². The van der Waals surface area contributed by atoms with Gasteiger partial charge < -0.3 is 15.5 Å². The van der Waals surface area contributed by atoms with Crippen LogP contribution in [0.25, 0.3) is 0 Å². The van der Waals surface area contributed by atoms with E-state index >= 15 is 0 Å². The fourth-order valence-corrected chi connectivity index (χ4v) is 3.25. The van der Waals surface area contributed by atoms with E-state index in [4.69, 9.17) is 11.6 Å². The zero-order valence-corrected chi connectivity index (χ0v) is 16.5. The second-order valence-corrected chi connectivity index (χ2v) is 7.37. The number of hydrogen-bond donors (Lipinski definition) is 2. The Morgan fingerprint density at radius 1 is 1.14 bits per heavy atom. The minimum Gasteiger partial charge on any atom is -0.333 e. The number of amides is 3. The van der Waals surface area contributed by atoms with Crippen LogP contribution in [0.2, 0.25) is 5.02 Å². The van der Waals surface area contributed by atoms with Crippen molar-refractivity contribution in [2.45, 2.75) is 32.5 Å². The molecule has 0 bridgehead atoms. The van der Waals surface area contributed by atoms with Crippen LogP contribution in [0.4, 0.5) is 29.3 Å². The van der Waals surface area contributed by atoms with E-state index in [-0.39, 0.29) is 29.6 Å². The summed E-state index contributed by atoms with van der Waals surface area (Å²) in [5.74, 6) is -0.143. The summed E-state index contributed by atoms with van der Waals surface area (Å²) in [6.45, 7) is 4.19. The molecule has 154 valence electrons. The number of nitrogens with zero attached hydrogens (tertiary/aromatic N) is 1. The molecule has 2 aromatic carbocycles. The Hall–Kier alpha value is -2.74. The minimum atomic E-state index is -4.55. The van der Waals surface area contributed by atoms with E-state index in [2.05, 4.69) is 10.6 Å². The van der Waals surface area contributed by atoms with E-state index in [0.717, 1.165) is 35.0 Å². The van der Waals surface area contributed by atoms with Gasteiger partial charge in [-0.05, 0) is 55.3 Å². The van der Waals surface area contributed by atoms with Gasteiger partial charge in [-0.15, -0.1) is 0 Å². The smallest absolute Gasteiger partial charge is 0.333 e. The summed E-state index contributed by atoms with van der Waals surface area (Å²) in [7, 11) is 0. The van der Waals surface area contributed by atoms with Gasteiger partial charge in [-0.2, -0.15) is 13.2 Å². The van der Waals surface area contributed by atoms with E-state index in [1.165, 1.54) is 0 Å². The maximum absolute atomic E-state index is 12.9. The topological polar surface area (TPSA) is 61.4 Å². The van der Waals surface area contributed by atoms with Gasteiger partial charge in [0, 0.05) is 18.7 Å². The lowest BCUT2D eigenvalue weighted by Gasteiger charge is -2.19. The Labute approximate surface area is 170 Å². The summed E-state index contributed by atoms with van der Waals surface area (Å²) in [6.07, 6.45) is -4.46. The third kappa shape index (κ3) is 4.82. The van der Waals surface area contributed by atoms with Gasteiger partial charge in [0.1, 0.15) is 0 Å². The third-order valence-electron chi connectivity index (χ3n) is 4.80. The number of rotatable bonds is 3. The SMILES string of the molecule is Cc1ccc(N2CC(NC(=O)Nc3cc(C(F)(F)F)ccc3Cl)CC2=O)cc1C. The zero-order chi connectivity index (χ0) is 21.3. The molecule has 5 nitrogen and oxygen atoms in total. The maximum Gasteiger partial charge on any atom is 0.416 e. The van der Waals surface area contributed by atoms with Crippen molar-refractivity contribution in [1.29, 1.82) is 0 Å². The molecule has 1 heterocycles. The van der Waals surface area contributed by atoms with E-state index in [0.29, 0.717) is 0 Å².